The van der Waals surface area contributed by atoms with Crippen LogP contribution in [-0.4, -0.2) is 24.1 Å². The Morgan fingerprint density at radius 3 is 1.45 bits per heavy atom. The standard InChI is InChI=1S/C17H8F6N4O.C17H12F4N4OS/c1-25-14-5-4-11(7-13(14)17(21,22)23)27-15(28)26-10-3-2-9(8-24)12(6-10)16(18,19)20;1-23-15(26)12-5-4-11(7-14(12)18)25-16(27)24-10-3-2-9(8-22)13(6-10)17(19,20)21/h2-7H,(H2,26,27,28);2-7H,1H3,(H,23,26)(H2,24,25,27). The summed E-state index contributed by atoms with van der Waals surface area (Å²) in [7, 11) is 1.36. The molecule has 0 atom stereocenters. The zero-order valence-corrected chi connectivity index (χ0v) is 28.1. The Morgan fingerprint density at radius 1 is 0.655 bits per heavy atom. The Hall–Kier alpha value is -6.92. The van der Waals surface area contributed by atoms with Gasteiger partial charge in [0.05, 0.1) is 52.1 Å². The fourth-order valence-electron chi connectivity index (χ4n) is 4.34. The van der Waals surface area contributed by atoms with Crippen LogP contribution in [0.3, 0.4) is 0 Å². The summed E-state index contributed by atoms with van der Waals surface area (Å²) in [5.74, 6) is -1.39. The third kappa shape index (κ3) is 11.5. The quantitative estimate of drug-likeness (QED) is 0.0768. The van der Waals surface area contributed by atoms with Crippen LogP contribution in [0.5, 0.6) is 0 Å². The predicted octanol–water partition coefficient (Wildman–Crippen LogP) is 9.68. The fourth-order valence-corrected chi connectivity index (χ4v) is 4.58. The van der Waals surface area contributed by atoms with Gasteiger partial charge in [0.25, 0.3) is 5.91 Å². The minimum Gasteiger partial charge on any atom is -0.355 e. The van der Waals surface area contributed by atoms with Crippen molar-refractivity contribution in [3.8, 4) is 12.1 Å². The summed E-state index contributed by atoms with van der Waals surface area (Å²) in [6.45, 7) is 6.74. The van der Waals surface area contributed by atoms with E-state index in [4.69, 9.17) is 29.3 Å². The molecular weight excluding hydrogens is 774 g/mol. The van der Waals surface area contributed by atoms with Gasteiger partial charge in [0, 0.05) is 29.8 Å². The van der Waals surface area contributed by atoms with Crippen LogP contribution in [0.25, 0.3) is 4.85 Å². The summed E-state index contributed by atoms with van der Waals surface area (Å²) < 4.78 is 130. The van der Waals surface area contributed by atoms with Crippen LogP contribution >= 0.6 is 12.2 Å². The molecule has 3 amide bonds. The van der Waals surface area contributed by atoms with E-state index in [2.05, 4.69) is 20.8 Å². The highest BCUT2D eigenvalue weighted by atomic mass is 32.1. The highest BCUT2D eigenvalue weighted by Crippen LogP contribution is 2.38. The molecule has 4 rings (SSSR count). The number of halogens is 10. The molecule has 0 saturated carbocycles. The van der Waals surface area contributed by atoms with Gasteiger partial charge in [-0.2, -0.15) is 50.0 Å². The van der Waals surface area contributed by atoms with Crippen molar-refractivity contribution < 1.29 is 53.5 Å². The third-order valence-electron chi connectivity index (χ3n) is 6.79. The number of amides is 3. The van der Waals surface area contributed by atoms with Crippen molar-refractivity contribution in [2.75, 3.05) is 28.3 Å². The van der Waals surface area contributed by atoms with Crippen molar-refractivity contribution in [2.45, 2.75) is 18.5 Å². The molecule has 21 heteroatoms. The molecule has 0 aliphatic rings. The maximum absolute atomic E-state index is 13.9. The van der Waals surface area contributed by atoms with E-state index in [1.165, 1.54) is 37.4 Å². The smallest absolute Gasteiger partial charge is 0.355 e. The molecule has 0 saturated heterocycles. The molecular formula is C34H20F10N8O2S. The van der Waals surface area contributed by atoms with E-state index in [0.717, 1.165) is 42.5 Å². The summed E-state index contributed by atoms with van der Waals surface area (Å²) >= 11 is 5.00. The van der Waals surface area contributed by atoms with Gasteiger partial charge in [0.2, 0.25) is 0 Å². The van der Waals surface area contributed by atoms with Gasteiger partial charge >= 0.3 is 24.6 Å². The van der Waals surface area contributed by atoms with E-state index in [1.54, 1.807) is 0 Å². The number of urea groups is 1. The number of nitrogens with zero attached hydrogens (tertiary/aromatic N) is 3. The van der Waals surface area contributed by atoms with Crippen LogP contribution in [0.15, 0.2) is 72.8 Å². The summed E-state index contributed by atoms with van der Waals surface area (Å²) in [5, 5.41) is 28.9. The Kier molecular flexibility index (Phi) is 13.3. The number of hydrogen-bond acceptors (Lipinski definition) is 5. The van der Waals surface area contributed by atoms with E-state index in [-0.39, 0.29) is 33.4 Å². The lowest BCUT2D eigenvalue weighted by molar-refractivity contribution is -0.138. The van der Waals surface area contributed by atoms with Crippen molar-refractivity contribution >= 4 is 57.7 Å². The summed E-state index contributed by atoms with van der Waals surface area (Å²) in [4.78, 5) is 26.1. The van der Waals surface area contributed by atoms with Gasteiger partial charge in [0.15, 0.2) is 10.8 Å². The van der Waals surface area contributed by atoms with Gasteiger partial charge < -0.3 is 26.6 Å². The lowest BCUT2D eigenvalue weighted by Gasteiger charge is -2.14. The number of benzene rings is 4. The summed E-state index contributed by atoms with van der Waals surface area (Å²) in [5.41, 5.74) is -6.07. The van der Waals surface area contributed by atoms with Crippen molar-refractivity contribution in [2.24, 2.45) is 0 Å². The molecule has 10 nitrogen and oxygen atoms in total. The first-order valence-corrected chi connectivity index (χ1v) is 15.0. The number of alkyl halides is 9. The van der Waals surface area contributed by atoms with Gasteiger partial charge in [-0.3, -0.25) is 4.79 Å². The van der Waals surface area contributed by atoms with E-state index in [9.17, 15) is 53.5 Å². The topological polar surface area (TPSA) is 146 Å². The number of carbonyl (C=O) groups excluding carboxylic acids is 2. The highest BCUT2D eigenvalue weighted by Gasteiger charge is 2.36. The number of nitriles is 2. The van der Waals surface area contributed by atoms with Crippen molar-refractivity contribution in [3.63, 3.8) is 0 Å². The molecule has 284 valence electrons. The first-order chi connectivity index (χ1) is 25.6. The molecule has 0 unspecified atom stereocenters. The van der Waals surface area contributed by atoms with Crippen LogP contribution in [-0.2, 0) is 18.5 Å². The first kappa shape index (κ1) is 42.5. The lowest BCUT2D eigenvalue weighted by atomic mass is 10.1. The van der Waals surface area contributed by atoms with Crippen LogP contribution in [0, 0.1) is 35.1 Å². The molecule has 0 aromatic heterocycles. The monoisotopic (exact) mass is 794 g/mol. The van der Waals surface area contributed by atoms with E-state index in [0.29, 0.717) is 12.1 Å². The largest absolute Gasteiger partial charge is 0.417 e. The second-order valence-electron chi connectivity index (χ2n) is 10.5. The molecule has 4 aromatic carbocycles. The van der Waals surface area contributed by atoms with E-state index in [1.807, 2.05) is 10.6 Å². The van der Waals surface area contributed by atoms with Gasteiger partial charge in [0.1, 0.15) is 5.82 Å². The number of rotatable bonds is 5. The van der Waals surface area contributed by atoms with Crippen molar-refractivity contribution in [3.05, 3.63) is 123 Å². The second-order valence-corrected chi connectivity index (χ2v) is 10.9. The Balaban J connectivity index is 0.000000296. The Labute approximate surface area is 309 Å². The van der Waals surface area contributed by atoms with Gasteiger partial charge in [-0.25, -0.2) is 14.0 Å². The lowest BCUT2D eigenvalue weighted by Crippen LogP contribution is -2.21. The van der Waals surface area contributed by atoms with Crippen LogP contribution in [0.2, 0.25) is 0 Å². The number of carbonyl (C=O) groups is 2. The van der Waals surface area contributed by atoms with Gasteiger partial charge in [-0.1, -0.05) is 6.07 Å². The maximum Gasteiger partial charge on any atom is 0.417 e. The maximum atomic E-state index is 13.9. The molecule has 4 aromatic rings. The normalized spacial score (nSPS) is 11.0. The fraction of sp³-hybridized carbons (Fsp3) is 0.118. The number of nitrogens with one attached hydrogen (secondary N) is 5. The minimum atomic E-state index is -4.84. The molecule has 55 heavy (non-hydrogen) atoms. The summed E-state index contributed by atoms with van der Waals surface area (Å²) in [6.07, 6.45) is -14.4. The Bertz CT molecular complexity index is 2170. The molecule has 0 bridgehead atoms. The average Bonchev–Trinajstić information content (AvgIpc) is 3.10. The second kappa shape index (κ2) is 17.3. The van der Waals surface area contributed by atoms with E-state index < -0.39 is 69.8 Å². The zero-order valence-electron chi connectivity index (χ0n) is 27.3. The number of hydrogen-bond donors (Lipinski definition) is 5. The molecule has 0 spiro atoms. The summed E-state index contributed by atoms with van der Waals surface area (Å²) in [6, 6.07) is 13.3. The average molecular weight is 795 g/mol. The van der Waals surface area contributed by atoms with Crippen LogP contribution in [0.1, 0.15) is 38.2 Å². The Morgan fingerprint density at radius 2 is 1.05 bits per heavy atom. The first-order valence-electron chi connectivity index (χ1n) is 14.6. The zero-order chi connectivity index (χ0) is 41.3. The molecule has 0 fully saturated rings. The molecule has 5 N–H and O–H groups in total. The minimum absolute atomic E-state index is 0.00118. The molecule has 0 heterocycles. The SMILES string of the molecule is CNC(=O)c1ccc(NC(=S)Nc2ccc(C#N)c(C(F)(F)F)c2)cc1F.[C-]#[N+]c1ccc(NC(=O)Nc2ccc(C#N)c(C(F)(F)F)c2)cc1C(F)(F)F. The highest BCUT2D eigenvalue weighted by molar-refractivity contribution is 7.80. The molecule has 0 radical (unpaired) electrons. The number of anilines is 4. The van der Waals surface area contributed by atoms with E-state index >= 15 is 0 Å². The van der Waals surface area contributed by atoms with Crippen molar-refractivity contribution in [1.29, 1.82) is 10.5 Å². The molecule has 0 aliphatic carbocycles. The van der Waals surface area contributed by atoms with Gasteiger partial charge in [-0.15, -0.1) is 0 Å². The third-order valence-corrected chi connectivity index (χ3v) is 6.99. The van der Waals surface area contributed by atoms with Crippen molar-refractivity contribution in [1.82, 2.24) is 5.32 Å². The van der Waals surface area contributed by atoms with Gasteiger partial charge in [-0.05, 0) is 78.9 Å². The predicted molar refractivity (Wildman–Crippen MR) is 182 cm³/mol. The van der Waals surface area contributed by atoms with Crippen LogP contribution in [0.4, 0.5) is 77.1 Å². The molecule has 0 aliphatic heterocycles. The number of thiocarbonyl (C=S) groups is 1. The van der Waals surface area contributed by atoms with Crippen LogP contribution < -0.4 is 26.6 Å².